The fourth-order valence-corrected chi connectivity index (χ4v) is 6.36. The smallest absolute Gasteiger partial charge is 0.306 e. The maximum Gasteiger partial charge on any atom is 0.306 e. The maximum absolute atomic E-state index is 11.6. The van der Waals surface area contributed by atoms with Crippen molar-refractivity contribution in [1.29, 1.82) is 0 Å². The van der Waals surface area contributed by atoms with E-state index in [0.717, 1.165) is 0 Å². The van der Waals surface area contributed by atoms with Crippen LogP contribution in [0.5, 0.6) is 0 Å². The van der Waals surface area contributed by atoms with E-state index < -0.39 is 0 Å². The molecular weight excluding hydrogens is 240 g/mol. The Morgan fingerprint density at radius 1 is 1.38 bits per heavy atom. The zero-order chi connectivity index (χ0) is 11.4. The third-order valence-corrected chi connectivity index (χ3v) is 7.28. The Labute approximate surface area is 106 Å². The van der Waals surface area contributed by atoms with Crippen LogP contribution in [0, 0.1) is 5.92 Å². The van der Waals surface area contributed by atoms with Gasteiger partial charge in [-0.15, -0.1) is 23.5 Å². The normalized spacial score (nSPS) is 28.2. The van der Waals surface area contributed by atoms with Crippen LogP contribution in [0.3, 0.4) is 0 Å². The third kappa shape index (κ3) is 2.70. The van der Waals surface area contributed by atoms with Crippen molar-refractivity contribution in [2.24, 2.45) is 5.92 Å². The Kier molecular flexibility index (Phi) is 4.48. The molecule has 1 heterocycles. The first-order chi connectivity index (χ1) is 7.77. The fraction of sp³-hybridized carbons (Fsp3) is 0.917. The highest BCUT2D eigenvalue weighted by atomic mass is 32.2. The van der Waals surface area contributed by atoms with Crippen LogP contribution < -0.4 is 0 Å². The summed E-state index contributed by atoms with van der Waals surface area (Å²) < 4.78 is 5.44. The molecule has 2 fully saturated rings. The lowest BCUT2D eigenvalue weighted by Crippen LogP contribution is -2.34. The summed E-state index contributed by atoms with van der Waals surface area (Å²) in [5.74, 6) is 3.05. The Hall–Kier alpha value is 0.170. The summed E-state index contributed by atoms with van der Waals surface area (Å²) in [6, 6.07) is 0. The summed E-state index contributed by atoms with van der Waals surface area (Å²) >= 11 is 4.18. The predicted octanol–water partition coefficient (Wildman–Crippen LogP) is 3.31. The molecule has 92 valence electrons. The van der Waals surface area contributed by atoms with Gasteiger partial charge in [0.2, 0.25) is 0 Å². The molecular formula is C12H20O2S2. The van der Waals surface area contributed by atoms with E-state index >= 15 is 0 Å². The SMILES string of the molecule is CCOC(=O)CC1CCCCC12SCCS2. The van der Waals surface area contributed by atoms with Gasteiger partial charge in [0.05, 0.1) is 17.1 Å². The van der Waals surface area contributed by atoms with Gasteiger partial charge in [-0.05, 0) is 25.7 Å². The number of hydrogen-bond donors (Lipinski definition) is 0. The highest BCUT2D eigenvalue weighted by Gasteiger charge is 2.45. The fourth-order valence-electron chi connectivity index (χ4n) is 2.72. The molecule has 4 heteroatoms. The molecule has 1 unspecified atom stereocenters. The van der Waals surface area contributed by atoms with E-state index in [1.165, 1.54) is 37.2 Å². The minimum atomic E-state index is 0.00174. The lowest BCUT2D eigenvalue weighted by atomic mass is 9.86. The second kappa shape index (κ2) is 5.67. The molecule has 1 aliphatic carbocycles. The van der Waals surface area contributed by atoms with Crippen LogP contribution in [-0.4, -0.2) is 28.2 Å². The van der Waals surface area contributed by atoms with E-state index in [4.69, 9.17) is 4.74 Å². The molecule has 16 heavy (non-hydrogen) atoms. The Morgan fingerprint density at radius 3 is 2.81 bits per heavy atom. The van der Waals surface area contributed by atoms with E-state index in [2.05, 4.69) is 23.5 Å². The van der Waals surface area contributed by atoms with Gasteiger partial charge in [-0.2, -0.15) is 0 Å². The summed E-state index contributed by atoms with van der Waals surface area (Å²) in [5.41, 5.74) is 0. The summed E-state index contributed by atoms with van der Waals surface area (Å²) in [6.45, 7) is 2.40. The largest absolute Gasteiger partial charge is 0.466 e. The molecule has 2 nitrogen and oxygen atoms in total. The molecule has 0 bridgehead atoms. The molecule has 0 aromatic rings. The van der Waals surface area contributed by atoms with Crippen molar-refractivity contribution in [2.45, 2.75) is 43.1 Å². The van der Waals surface area contributed by atoms with E-state index in [1.807, 2.05) is 6.92 Å². The molecule has 0 aromatic carbocycles. The van der Waals surface area contributed by atoms with Gasteiger partial charge in [0.15, 0.2) is 0 Å². The number of hydrogen-bond acceptors (Lipinski definition) is 4. The van der Waals surface area contributed by atoms with Crippen molar-refractivity contribution in [3.05, 3.63) is 0 Å². The number of ether oxygens (including phenoxy) is 1. The van der Waals surface area contributed by atoms with Crippen LogP contribution in [0.4, 0.5) is 0 Å². The van der Waals surface area contributed by atoms with Crippen LogP contribution in [0.1, 0.15) is 39.0 Å². The minimum absolute atomic E-state index is 0.00174. The van der Waals surface area contributed by atoms with Gasteiger partial charge < -0.3 is 4.74 Å². The predicted molar refractivity (Wildman–Crippen MR) is 70.9 cm³/mol. The molecule has 2 aliphatic rings. The molecule has 0 N–H and O–H groups in total. The summed E-state index contributed by atoms with van der Waals surface area (Å²) in [4.78, 5) is 11.6. The van der Waals surface area contributed by atoms with E-state index in [9.17, 15) is 4.79 Å². The highest BCUT2D eigenvalue weighted by Crippen LogP contribution is 2.56. The second-order valence-corrected chi connectivity index (χ2v) is 7.57. The molecule has 0 amide bonds. The number of esters is 1. The lowest BCUT2D eigenvalue weighted by molar-refractivity contribution is -0.144. The first kappa shape index (κ1) is 12.6. The van der Waals surface area contributed by atoms with Crippen LogP contribution in [0.15, 0.2) is 0 Å². The van der Waals surface area contributed by atoms with Crippen molar-refractivity contribution in [3.63, 3.8) is 0 Å². The average Bonchev–Trinajstić information content (AvgIpc) is 2.72. The molecule has 1 saturated heterocycles. The quantitative estimate of drug-likeness (QED) is 0.727. The topological polar surface area (TPSA) is 26.3 Å². The van der Waals surface area contributed by atoms with Gasteiger partial charge in [0.1, 0.15) is 0 Å². The zero-order valence-electron chi connectivity index (χ0n) is 9.87. The first-order valence-electron chi connectivity index (χ1n) is 6.20. The summed E-state index contributed by atoms with van der Waals surface area (Å²) in [6.07, 6.45) is 5.74. The zero-order valence-corrected chi connectivity index (χ0v) is 11.5. The maximum atomic E-state index is 11.6. The van der Waals surface area contributed by atoms with Gasteiger partial charge in [0, 0.05) is 11.5 Å². The molecule has 1 aliphatic heterocycles. The Bertz CT molecular complexity index is 249. The number of carbonyl (C=O) groups is 1. The molecule has 1 saturated carbocycles. The van der Waals surface area contributed by atoms with E-state index in [1.54, 1.807) is 0 Å². The lowest BCUT2D eigenvalue weighted by Gasteiger charge is -2.39. The van der Waals surface area contributed by atoms with Gasteiger partial charge in [-0.25, -0.2) is 0 Å². The van der Waals surface area contributed by atoms with Crippen molar-refractivity contribution in [2.75, 3.05) is 18.1 Å². The van der Waals surface area contributed by atoms with Crippen molar-refractivity contribution in [1.82, 2.24) is 0 Å². The average molecular weight is 260 g/mol. The third-order valence-electron chi connectivity index (χ3n) is 3.44. The summed E-state index contributed by atoms with van der Waals surface area (Å²) in [5, 5.41) is 0. The van der Waals surface area contributed by atoms with E-state index in [-0.39, 0.29) is 5.97 Å². The molecule has 1 atom stereocenters. The van der Waals surface area contributed by atoms with Crippen molar-refractivity contribution in [3.8, 4) is 0 Å². The molecule has 2 rings (SSSR count). The van der Waals surface area contributed by atoms with Gasteiger partial charge >= 0.3 is 5.97 Å². The summed E-state index contributed by atoms with van der Waals surface area (Å²) in [7, 11) is 0. The Morgan fingerprint density at radius 2 is 2.12 bits per heavy atom. The van der Waals surface area contributed by atoms with Crippen LogP contribution in [-0.2, 0) is 9.53 Å². The molecule has 1 spiro atoms. The number of thioether (sulfide) groups is 2. The monoisotopic (exact) mass is 260 g/mol. The van der Waals surface area contributed by atoms with Gasteiger partial charge in [-0.3, -0.25) is 4.79 Å². The first-order valence-corrected chi connectivity index (χ1v) is 8.17. The highest BCUT2D eigenvalue weighted by molar-refractivity contribution is 8.21. The van der Waals surface area contributed by atoms with E-state index in [0.29, 0.717) is 23.0 Å². The number of rotatable bonds is 3. The van der Waals surface area contributed by atoms with Crippen molar-refractivity contribution < 1.29 is 9.53 Å². The van der Waals surface area contributed by atoms with Crippen LogP contribution >= 0.6 is 23.5 Å². The van der Waals surface area contributed by atoms with Gasteiger partial charge in [-0.1, -0.05) is 12.8 Å². The van der Waals surface area contributed by atoms with Crippen LogP contribution in [0.25, 0.3) is 0 Å². The van der Waals surface area contributed by atoms with Gasteiger partial charge in [0.25, 0.3) is 0 Å². The number of carbonyl (C=O) groups excluding carboxylic acids is 1. The minimum Gasteiger partial charge on any atom is -0.466 e. The van der Waals surface area contributed by atoms with Crippen molar-refractivity contribution >= 4 is 29.5 Å². The van der Waals surface area contributed by atoms with Crippen LogP contribution in [0.2, 0.25) is 0 Å². The molecule has 0 aromatic heterocycles. The Balaban J connectivity index is 1.96. The molecule has 0 radical (unpaired) electrons. The standard InChI is InChI=1S/C12H20O2S2/c1-2-14-11(13)9-10-5-3-4-6-12(10)15-7-8-16-12/h10H,2-9H2,1H3. The second-order valence-electron chi connectivity index (χ2n) is 4.46.